The van der Waals surface area contributed by atoms with Crippen LogP contribution in [0.25, 0.3) is 0 Å². The van der Waals surface area contributed by atoms with Gasteiger partial charge in [0.2, 0.25) is 5.91 Å². The number of amides is 1. The lowest BCUT2D eigenvalue weighted by molar-refractivity contribution is -0.118. The predicted molar refractivity (Wildman–Crippen MR) is 94.4 cm³/mol. The van der Waals surface area contributed by atoms with Gasteiger partial charge in [0.25, 0.3) is 0 Å². The summed E-state index contributed by atoms with van der Waals surface area (Å²) in [6.45, 7) is 9.10. The molecular formula is C19H23NOS. The summed E-state index contributed by atoms with van der Waals surface area (Å²) in [5, 5.41) is 2.98. The highest BCUT2D eigenvalue weighted by atomic mass is 32.2. The van der Waals surface area contributed by atoms with Crippen molar-refractivity contribution in [2.45, 2.75) is 39.1 Å². The molecule has 0 atom stereocenters. The summed E-state index contributed by atoms with van der Waals surface area (Å²) in [6.07, 6.45) is 0. The van der Waals surface area contributed by atoms with E-state index >= 15 is 0 Å². The highest BCUT2D eigenvalue weighted by Gasteiger charge is 2.11. The van der Waals surface area contributed by atoms with Crippen LogP contribution in [0.4, 0.5) is 0 Å². The van der Waals surface area contributed by atoms with E-state index in [1.54, 1.807) is 11.8 Å². The molecule has 0 spiro atoms. The second-order valence-corrected chi connectivity index (χ2v) is 6.63. The van der Waals surface area contributed by atoms with Crippen LogP contribution in [0, 0.1) is 27.7 Å². The maximum atomic E-state index is 12.1. The van der Waals surface area contributed by atoms with Crippen LogP contribution >= 0.6 is 11.8 Å². The van der Waals surface area contributed by atoms with Crippen molar-refractivity contribution in [1.82, 2.24) is 5.32 Å². The van der Waals surface area contributed by atoms with Crippen LogP contribution in [0.5, 0.6) is 0 Å². The van der Waals surface area contributed by atoms with Crippen molar-refractivity contribution in [3.05, 3.63) is 64.2 Å². The molecule has 2 aromatic rings. The third kappa shape index (κ3) is 4.14. The van der Waals surface area contributed by atoms with E-state index in [4.69, 9.17) is 0 Å². The van der Waals surface area contributed by atoms with E-state index in [9.17, 15) is 4.79 Å². The van der Waals surface area contributed by atoms with E-state index in [0.29, 0.717) is 12.3 Å². The molecular weight excluding hydrogens is 290 g/mol. The second kappa shape index (κ2) is 7.50. The number of aryl methyl sites for hydroxylation is 2. The van der Waals surface area contributed by atoms with Crippen molar-refractivity contribution in [3.8, 4) is 0 Å². The lowest BCUT2D eigenvalue weighted by Gasteiger charge is -2.14. The molecule has 1 N–H and O–H groups in total. The smallest absolute Gasteiger partial charge is 0.230 e. The van der Waals surface area contributed by atoms with Crippen molar-refractivity contribution in [2.24, 2.45) is 0 Å². The first-order chi connectivity index (χ1) is 10.5. The Hall–Kier alpha value is -1.74. The van der Waals surface area contributed by atoms with Gasteiger partial charge in [0.15, 0.2) is 0 Å². The summed E-state index contributed by atoms with van der Waals surface area (Å²) < 4.78 is 0. The van der Waals surface area contributed by atoms with E-state index in [1.807, 2.05) is 30.3 Å². The Balaban J connectivity index is 1.94. The Morgan fingerprint density at radius 1 is 1.00 bits per heavy atom. The van der Waals surface area contributed by atoms with Gasteiger partial charge in [-0.25, -0.2) is 0 Å². The van der Waals surface area contributed by atoms with Crippen molar-refractivity contribution < 1.29 is 4.79 Å². The molecule has 2 nitrogen and oxygen atoms in total. The summed E-state index contributed by atoms with van der Waals surface area (Å²) in [7, 11) is 0. The molecule has 2 rings (SSSR count). The van der Waals surface area contributed by atoms with Crippen LogP contribution in [0.15, 0.2) is 41.3 Å². The molecule has 116 valence electrons. The third-order valence-electron chi connectivity index (χ3n) is 3.98. The zero-order valence-corrected chi connectivity index (χ0v) is 14.5. The topological polar surface area (TPSA) is 29.1 Å². The van der Waals surface area contributed by atoms with Gasteiger partial charge in [0.1, 0.15) is 0 Å². The van der Waals surface area contributed by atoms with Crippen molar-refractivity contribution >= 4 is 17.7 Å². The molecule has 0 fully saturated rings. The van der Waals surface area contributed by atoms with Gasteiger partial charge < -0.3 is 5.32 Å². The maximum Gasteiger partial charge on any atom is 0.230 e. The van der Waals surface area contributed by atoms with Gasteiger partial charge in [-0.1, -0.05) is 36.4 Å². The van der Waals surface area contributed by atoms with E-state index in [2.05, 4.69) is 39.1 Å². The lowest BCUT2D eigenvalue weighted by Crippen LogP contribution is -2.24. The zero-order chi connectivity index (χ0) is 16.1. The minimum Gasteiger partial charge on any atom is -0.351 e. The van der Waals surface area contributed by atoms with Gasteiger partial charge in [-0.15, -0.1) is 11.8 Å². The molecule has 0 heterocycles. The zero-order valence-electron chi connectivity index (χ0n) is 13.7. The summed E-state index contributed by atoms with van der Waals surface area (Å²) >= 11 is 1.63. The Labute approximate surface area is 137 Å². The molecule has 0 aliphatic rings. The number of hydrogen-bond acceptors (Lipinski definition) is 2. The minimum absolute atomic E-state index is 0.0758. The maximum absolute atomic E-state index is 12.1. The number of carbonyl (C=O) groups excluding carboxylic acids is 1. The number of nitrogens with one attached hydrogen (secondary N) is 1. The quantitative estimate of drug-likeness (QED) is 0.833. The fraction of sp³-hybridized carbons (Fsp3) is 0.316. The highest BCUT2D eigenvalue weighted by molar-refractivity contribution is 8.00. The normalized spacial score (nSPS) is 10.5. The van der Waals surface area contributed by atoms with Crippen LogP contribution in [0.3, 0.4) is 0 Å². The molecule has 3 heteroatoms. The summed E-state index contributed by atoms with van der Waals surface area (Å²) in [5.41, 5.74) is 6.26. The molecule has 1 amide bonds. The molecule has 0 bridgehead atoms. The number of rotatable bonds is 5. The average Bonchev–Trinajstić information content (AvgIpc) is 2.52. The fourth-order valence-electron chi connectivity index (χ4n) is 2.38. The van der Waals surface area contributed by atoms with Gasteiger partial charge in [0.05, 0.1) is 5.75 Å². The largest absolute Gasteiger partial charge is 0.351 e. The molecule has 0 saturated carbocycles. The van der Waals surface area contributed by atoms with E-state index < -0.39 is 0 Å². The van der Waals surface area contributed by atoms with E-state index in [0.717, 1.165) is 5.56 Å². The van der Waals surface area contributed by atoms with Gasteiger partial charge >= 0.3 is 0 Å². The monoisotopic (exact) mass is 313 g/mol. The molecule has 2 aromatic carbocycles. The molecule has 0 aliphatic heterocycles. The molecule has 0 aliphatic carbocycles. The number of thioether (sulfide) groups is 1. The van der Waals surface area contributed by atoms with Gasteiger partial charge in [-0.2, -0.15) is 0 Å². The van der Waals surface area contributed by atoms with E-state index in [-0.39, 0.29) is 5.91 Å². The Kier molecular flexibility index (Phi) is 5.67. The number of hydrogen-bond donors (Lipinski definition) is 1. The average molecular weight is 313 g/mol. The third-order valence-corrected chi connectivity index (χ3v) is 5.28. The molecule has 0 aromatic heterocycles. The van der Waals surface area contributed by atoms with Crippen LogP contribution < -0.4 is 5.32 Å². The number of carbonyl (C=O) groups is 1. The van der Waals surface area contributed by atoms with Gasteiger partial charge in [0, 0.05) is 11.4 Å². The van der Waals surface area contributed by atoms with E-state index in [1.165, 1.54) is 27.1 Å². The van der Waals surface area contributed by atoms with Gasteiger partial charge in [-0.05, 0) is 55.5 Å². The Morgan fingerprint density at radius 3 is 2.18 bits per heavy atom. The molecule has 0 saturated heterocycles. The Bertz CT molecular complexity index is 639. The Morgan fingerprint density at radius 2 is 1.59 bits per heavy atom. The molecule has 0 radical (unpaired) electrons. The summed E-state index contributed by atoms with van der Waals surface area (Å²) in [4.78, 5) is 13.3. The van der Waals surface area contributed by atoms with Gasteiger partial charge in [-0.3, -0.25) is 4.79 Å². The second-order valence-electron chi connectivity index (χ2n) is 5.64. The first-order valence-corrected chi connectivity index (χ1v) is 8.48. The predicted octanol–water partition coefficient (Wildman–Crippen LogP) is 4.33. The SMILES string of the molecule is Cc1cc(C)c(C)c(SCC(=O)NCc2ccccc2)c1C. The van der Waals surface area contributed by atoms with Crippen LogP contribution in [-0.2, 0) is 11.3 Å². The van der Waals surface area contributed by atoms with Crippen LogP contribution in [0.1, 0.15) is 27.8 Å². The standard InChI is InChI=1S/C19H23NOS/c1-13-10-14(2)16(4)19(15(13)3)22-12-18(21)20-11-17-8-6-5-7-9-17/h5-10H,11-12H2,1-4H3,(H,20,21). The minimum atomic E-state index is 0.0758. The fourth-order valence-corrected chi connectivity index (χ4v) is 3.51. The number of benzene rings is 2. The van der Waals surface area contributed by atoms with Crippen LogP contribution in [-0.4, -0.2) is 11.7 Å². The summed E-state index contributed by atoms with van der Waals surface area (Å²) in [5.74, 6) is 0.532. The van der Waals surface area contributed by atoms with Crippen molar-refractivity contribution in [1.29, 1.82) is 0 Å². The van der Waals surface area contributed by atoms with Crippen molar-refractivity contribution in [3.63, 3.8) is 0 Å². The van der Waals surface area contributed by atoms with Crippen LogP contribution in [0.2, 0.25) is 0 Å². The first-order valence-electron chi connectivity index (χ1n) is 7.50. The molecule has 22 heavy (non-hydrogen) atoms. The first kappa shape index (κ1) is 16.6. The highest BCUT2D eigenvalue weighted by Crippen LogP contribution is 2.30. The lowest BCUT2D eigenvalue weighted by atomic mass is 10.0. The molecule has 0 unspecified atom stereocenters. The van der Waals surface area contributed by atoms with Crippen molar-refractivity contribution in [2.75, 3.05) is 5.75 Å². The summed E-state index contributed by atoms with van der Waals surface area (Å²) in [6, 6.07) is 12.2.